The van der Waals surface area contributed by atoms with Crippen molar-refractivity contribution in [3.8, 4) is 5.75 Å². The second-order valence-electron chi connectivity index (χ2n) is 8.17. The van der Waals surface area contributed by atoms with Crippen LogP contribution in [0, 0.1) is 12.8 Å². The van der Waals surface area contributed by atoms with Crippen molar-refractivity contribution in [2.75, 3.05) is 6.61 Å². The monoisotopic (exact) mass is 334 g/mol. The Balaban J connectivity index is 2.50. The van der Waals surface area contributed by atoms with Crippen LogP contribution in [0.1, 0.15) is 77.0 Å². The number of unbranched alkanes of at least 4 members (excludes halogenated alkanes) is 1. The van der Waals surface area contributed by atoms with Crippen LogP contribution in [0.5, 0.6) is 5.75 Å². The average molecular weight is 335 g/mol. The summed E-state index contributed by atoms with van der Waals surface area (Å²) < 4.78 is 5.31. The highest BCUT2D eigenvalue weighted by atomic mass is 16.5. The maximum atomic E-state index is 11.9. The zero-order valence-electron chi connectivity index (χ0n) is 16.2. The van der Waals surface area contributed by atoms with Crippen LogP contribution in [-0.4, -0.2) is 17.7 Å². The van der Waals surface area contributed by atoms with Gasteiger partial charge in [0.15, 0.2) is 0 Å². The lowest BCUT2D eigenvalue weighted by Gasteiger charge is -2.22. The minimum absolute atomic E-state index is 0.123. The molecule has 0 aliphatic rings. The van der Waals surface area contributed by atoms with Gasteiger partial charge in [0.05, 0.1) is 6.61 Å². The molecule has 0 bridgehead atoms. The summed E-state index contributed by atoms with van der Waals surface area (Å²) in [5.74, 6) is 0.928. The van der Waals surface area contributed by atoms with E-state index in [1.807, 2.05) is 19.1 Å². The third-order valence-electron chi connectivity index (χ3n) is 4.22. The summed E-state index contributed by atoms with van der Waals surface area (Å²) in [6.45, 7) is 13.1. The van der Waals surface area contributed by atoms with Gasteiger partial charge in [0.1, 0.15) is 5.75 Å². The van der Waals surface area contributed by atoms with Crippen LogP contribution in [-0.2, 0) is 21.4 Å². The number of aryl methyl sites for hydroxylation is 2. The number of carbonyl (C=O) groups is 1. The third-order valence-corrected chi connectivity index (χ3v) is 4.22. The Morgan fingerprint density at radius 3 is 2.46 bits per heavy atom. The number of phenolic OH excluding ortho intramolecular Hbond substituents is 1. The molecular formula is C21H34O3. The number of phenols is 1. The Bertz CT molecular complexity index is 539. The molecule has 0 fully saturated rings. The Hall–Kier alpha value is -1.51. The smallest absolute Gasteiger partial charge is 0.306 e. The van der Waals surface area contributed by atoms with Crippen LogP contribution >= 0.6 is 0 Å². The van der Waals surface area contributed by atoms with Crippen molar-refractivity contribution in [3.05, 3.63) is 28.8 Å². The zero-order chi connectivity index (χ0) is 18.3. The zero-order valence-corrected chi connectivity index (χ0v) is 16.2. The Morgan fingerprint density at radius 1 is 1.21 bits per heavy atom. The van der Waals surface area contributed by atoms with Gasteiger partial charge >= 0.3 is 5.97 Å². The lowest BCUT2D eigenvalue weighted by Crippen LogP contribution is -2.13. The minimum atomic E-state index is -0.136. The van der Waals surface area contributed by atoms with Crippen molar-refractivity contribution < 1.29 is 14.6 Å². The molecule has 0 spiro atoms. The van der Waals surface area contributed by atoms with E-state index in [9.17, 15) is 9.90 Å². The van der Waals surface area contributed by atoms with Gasteiger partial charge in [-0.25, -0.2) is 0 Å². The first kappa shape index (κ1) is 20.5. The minimum Gasteiger partial charge on any atom is -0.507 e. The summed E-state index contributed by atoms with van der Waals surface area (Å²) in [6.07, 6.45) is 4.26. The molecule has 0 atom stereocenters. The number of benzene rings is 1. The Morgan fingerprint density at radius 2 is 1.88 bits per heavy atom. The van der Waals surface area contributed by atoms with E-state index in [0.29, 0.717) is 31.1 Å². The van der Waals surface area contributed by atoms with Gasteiger partial charge in [-0.2, -0.15) is 0 Å². The standard InChI is InChI=1S/C21H34O3/c1-15(2)9-7-8-12-24-19(22)11-10-17-13-16(3)20(23)18(14-17)21(4,5)6/h13-15,23H,7-12H2,1-6H3. The van der Waals surface area contributed by atoms with E-state index in [1.165, 1.54) is 6.42 Å². The highest BCUT2D eigenvalue weighted by Gasteiger charge is 2.20. The lowest BCUT2D eigenvalue weighted by atomic mass is 9.83. The second kappa shape index (κ2) is 9.10. The topological polar surface area (TPSA) is 46.5 Å². The first-order valence-electron chi connectivity index (χ1n) is 9.10. The third kappa shape index (κ3) is 6.94. The molecule has 0 aliphatic carbocycles. The summed E-state index contributed by atoms with van der Waals surface area (Å²) in [5, 5.41) is 10.2. The SMILES string of the molecule is Cc1cc(CCC(=O)OCCCCC(C)C)cc(C(C)(C)C)c1O. The summed E-state index contributed by atoms with van der Waals surface area (Å²) in [6, 6.07) is 3.97. The predicted molar refractivity (Wildman–Crippen MR) is 99.5 cm³/mol. The largest absolute Gasteiger partial charge is 0.507 e. The molecule has 0 heterocycles. The summed E-state index contributed by atoms with van der Waals surface area (Å²) in [7, 11) is 0. The van der Waals surface area contributed by atoms with Crippen LogP contribution in [0.2, 0.25) is 0 Å². The van der Waals surface area contributed by atoms with E-state index in [4.69, 9.17) is 4.74 Å². The van der Waals surface area contributed by atoms with Crippen molar-refractivity contribution in [2.24, 2.45) is 5.92 Å². The predicted octanol–water partition coefficient (Wildman–Crippen LogP) is 5.30. The maximum absolute atomic E-state index is 11.9. The molecule has 0 amide bonds. The Kier molecular flexibility index (Phi) is 7.78. The molecule has 3 nitrogen and oxygen atoms in total. The number of carbonyl (C=O) groups excluding carboxylic acids is 1. The van der Waals surface area contributed by atoms with E-state index in [2.05, 4.69) is 34.6 Å². The average Bonchev–Trinajstić information content (AvgIpc) is 2.46. The molecule has 0 aliphatic heterocycles. The van der Waals surface area contributed by atoms with E-state index in [0.717, 1.165) is 29.5 Å². The highest BCUT2D eigenvalue weighted by Crippen LogP contribution is 2.34. The first-order valence-corrected chi connectivity index (χ1v) is 9.10. The molecule has 1 rings (SSSR count). The number of ether oxygens (including phenoxy) is 1. The molecule has 3 heteroatoms. The van der Waals surface area contributed by atoms with Crippen molar-refractivity contribution >= 4 is 5.97 Å². The quantitative estimate of drug-likeness (QED) is 0.518. The Labute approximate surface area is 147 Å². The summed E-state index contributed by atoms with van der Waals surface area (Å²) in [4.78, 5) is 11.9. The van der Waals surface area contributed by atoms with Gasteiger partial charge in [-0.05, 0) is 54.2 Å². The fourth-order valence-corrected chi connectivity index (χ4v) is 2.73. The van der Waals surface area contributed by atoms with Gasteiger partial charge in [0.2, 0.25) is 0 Å². The highest BCUT2D eigenvalue weighted by molar-refractivity contribution is 5.69. The van der Waals surface area contributed by atoms with Gasteiger partial charge < -0.3 is 9.84 Å². The van der Waals surface area contributed by atoms with Crippen LogP contribution < -0.4 is 0 Å². The fourth-order valence-electron chi connectivity index (χ4n) is 2.73. The van der Waals surface area contributed by atoms with Gasteiger partial charge in [-0.15, -0.1) is 0 Å². The molecule has 1 aromatic rings. The number of hydrogen-bond acceptors (Lipinski definition) is 3. The van der Waals surface area contributed by atoms with Crippen molar-refractivity contribution in [2.45, 2.75) is 79.1 Å². The van der Waals surface area contributed by atoms with Crippen LogP contribution in [0.4, 0.5) is 0 Å². The van der Waals surface area contributed by atoms with E-state index < -0.39 is 0 Å². The van der Waals surface area contributed by atoms with Crippen molar-refractivity contribution in [3.63, 3.8) is 0 Å². The molecule has 136 valence electrons. The second-order valence-corrected chi connectivity index (χ2v) is 8.17. The molecule has 1 aromatic carbocycles. The molecular weight excluding hydrogens is 300 g/mol. The van der Waals surface area contributed by atoms with Gasteiger partial charge in [-0.3, -0.25) is 4.79 Å². The van der Waals surface area contributed by atoms with Gasteiger partial charge in [0.25, 0.3) is 0 Å². The molecule has 0 saturated carbocycles. The van der Waals surface area contributed by atoms with Crippen LogP contribution in [0.15, 0.2) is 12.1 Å². The number of hydrogen-bond donors (Lipinski definition) is 1. The van der Waals surface area contributed by atoms with Crippen LogP contribution in [0.25, 0.3) is 0 Å². The van der Waals surface area contributed by atoms with E-state index >= 15 is 0 Å². The number of esters is 1. The van der Waals surface area contributed by atoms with Crippen molar-refractivity contribution in [1.82, 2.24) is 0 Å². The molecule has 1 N–H and O–H groups in total. The molecule has 0 aromatic heterocycles. The molecule has 0 saturated heterocycles. The molecule has 24 heavy (non-hydrogen) atoms. The number of rotatable bonds is 8. The van der Waals surface area contributed by atoms with Gasteiger partial charge in [-0.1, -0.05) is 53.2 Å². The normalized spacial score (nSPS) is 11.8. The molecule has 0 unspecified atom stereocenters. The first-order chi connectivity index (χ1) is 11.1. The molecule has 0 radical (unpaired) electrons. The van der Waals surface area contributed by atoms with Gasteiger partial charge in [0, 0.05) is 6.42 Å². The summed E-state index contributed by atoms with van der Waals surface area (Å²) in [5.41, 5.74) is 2.74. The van der Waals surface area contributed by atoms with E-state index in [-0.39, 0.29) is 11.4 Å². The summed E-state index contributed by atoms with van der Waals surface area (Å²) >= 11 is 0. The van der Waals surface area contributed by atoms with Crippen molar-refractivity contribution in [1.29, 1.82) is 0 Å². The van der Waals surface area contributed by atoms with Crippen LogP contribution in [0.3, 0.4) is 0 Å². The number of aromatic hydroxyl groups is 1. The lowest BCUT2D eigenvalue weighted by molar-refractivity contribution is -0.143. The fraction of sp³-hybridized carbons (Fsp3) is 0.667. The van der Waals surface area contributed by atoms with E-state index in [1.54, 1.807) is 0 Å². The maximum Gasteiger partial charge on any atom is 0.306 e.